The molecule has 1 amide bonds. The van der Waals surface area contributed by atoms with E-state index < -0.39 is 17.5 Å². The summed E-state index contributed by atoms with van der Waals surface area (Å²) < 4.78 is 27.9. The van der Waals surface area contributed by atoms with Gasteiger partial charge in [-0.2, -0.15) is 0 Å². The van der Waals surface area contributed by atoms with E-state index in [-0.39, 0.29) is 24.8 Å². The van der Waals surface area contributed by atoms with Crippen molar-refractivity contribution in [3.05, 3.63) is 107 Å². The van der Waals surface area contributed by atoms with Gasteiger partial charge in [-0.25, -0.2) is 8.78 Å². The number of oxime groups is 1. The predicted molar refractivity (Wildman–Crippen MR) is 115 cm³/mol. The van der Waals surface area contributed by atoms with Gasteiger partial charge in [-0.3, -0.25) is 4.79 Å². The minimum Gasteiger partial charge on any atom is -0.390 e. The molecule has 1 aliphatic rings. The number of hydrogen-bond acceptors (Lipinski definition) is 3. The number of halogens is 2. The Hall–Kier alpha value is -3.54. The molecule has 0 N–H and O–H groups in total. The molecule has 0 radical (unpaired) electrons. The third-order valence-electron chi connectivity index (χ3n) is 5.20. The number of benzene rings is 3. The lowest BCUT2D eigenvalue weighted by molar-refractivity contribution is 0.0402. The van der Waals surface area contributed by atoms with Crippen molar-refractivity contribution in [1.82, 2.24) is 4.90 Å². The van der Waals surface area contributed by atoms with Crippen molar-refractivity contribution < 1.29 is 18.4 Å². The lowest BCUT2D eigenvalue weighted by Gasteiger charge is -2.25. The summed E-state index contributed by atoms with van der Waals surface area (Å²) >= 11 is 0. The summed E-state index contributed by atoms with van der Waals surface area (Å²) in [6.45, 7) is 2.34. The van der Waals surface area contributed by atoms with E-state index in [4.69, 9.17) is 4.84 Å². The summed E-state index contributed by atoms with van der Waals surface area (Å²) in [5.41, 5.74) is 3.50. The Kier molecular flexibility index (Phi) is 6.07. The SMILES string of the molecule is Cc1ccc(C2=NO[C@@H](CN(Cc3cccc(F)c3)C(=O)c3ccccc3F)C2)cc1. The lowest BCUT2D eigenvalue weighted by atomic mass is 10.0. The summed E-state index contributed by atoms with van der Waals surface area (Å²) in [6.07, 6.45) is 0.147. The van der Waals surface area contributed by atoms with Gasteiger partial charge in [0.05, 0.1) is 17.8 Å². The number of amides is 1. The number of carbonyl (C=O) groups is 1. The molecule has 31 heavy (non-hydrogen) atoms. The Morgan fingerprint density at radius 1 is 1.06 bits per heavy atom. The fraction of sp³-hybridized carbons (Fsp3) is 0.200. The highest BCUT2D eigenvalue weighted by molar-refractivity contribution is 6.01. The molecule has 0 aromatic heterocycles. The average Bonchev–Trinajstić information content (AvgIpc) is 3.22. The van der Waals surface area contributed by atoms with Gasteiger partial charge in [0.1, 0.15) is 11.6 Å². The molecular weight excluding hydrogens is 398 g/mol. The van der Waals surface area contributed by atoms with E-state index in [2.05, 4.69) is 5.16 Å². The first-order valence-corrected chi connectivity index (χ1v) is 10.1. The zero-order valence-corrected chi connectivity index (χ0v) is 17.1. The van der Waals surface area contributed by atoms with E-state index in [1.807, 2.05) is 31.2 Å². The molecule has 158 valence electrons. The number of hydrogen-bond donors (Lipinski definition) is 0. The van der Waals surface area contributed by atoms with E-state index in [1.54, 1.807) is 18.2 Å². The molecule has 0 unspecified atom stereocenters. The van der Waals surface area contributed by atoms with Gasteiger partial charge in [0.2, 0.25) is 0 Å². The molecule has 0 saturated carbocycles. The van der Waals surface area contributed by atoms with Crippen molar-refractivity contribution in [2.24, 2.45) is 5.16 Å². The van der Waals surface area contributed by atoms with Gasteiger partial charge in [-0.15, -0.1) is 0 Å². The smallest absolute Gasteiger partial charge is 0.257 e. The minimum atomic E-state index is -0.597. The van der Waals surface area contributed by atoms with E-state index in [9.17, 15) is 13.6 Å². The second-order valence-electron chi connectivity index (χ2n) is 7.63. The van der Waals surface area contributed by atoms with Gasteiger partial charge in [0, 0.05) is 13.0 Å². The predicted octanol–water partition coefficient (Wildman–Crippen LogP) is 5.11. The van der Waals surface area contributed by atoms with Crippen LogP contribution >= 0.6 is 0 Å². The number of carbonyl (C=O) groups excluding carboxylic acids is 1. The first-order chi connectivity index (χ1) is 15.0. The molecule has 0 fully saturated rings. The van der Waals surface area contributed by atoms with E-state index in [0.717, 1.165) is 16.8 Å². The molecule has 3 aromatic rings. The standard InChI is InChI=1S/C25H22F2N2O2/c1-17-9-11-19(12-10-17)24-14-21(31-28-24)16-29(15-18-5-4-6-20(26)13-18)25(30)22-7-2-3-8-23(22)27/h2-13,21H,14-16H2,1H3/t21-/m1/s1. The highest BCUT2D eigenvalue weighted by atomic mass is 19.1. The first-order valence-electron chi connectivity index (χ1n) is 10.1. The molecule has 1 heterocycles. The van der Waals surface area contributed by atoms with Crippen molar-refractivity contribution in [3.8, 4) is 0 Å². The van der Waals surface area contributed by atoms with Crippen LogP contribution in [0.1, 0.15) is 33.5 Å². The molecular formula is C25H22F2N2O2. The Labute approximate surface area is 179 Å². The molecule has 0 spiro atoms. The molecule has 0 saturated heterocycles. The van der Waals surface area contributed by atoms with Crippen molar-refractivity contribution >= 4 is 11.6 Å². The van der Waals surface area contributed by atoms with Crippen molar-refractivity contribution in [2.45, 2.75) is 26.0 Å². The third kappa shape index (κ3) is 4.97. The summed E-state index contributed by atoms with van der Waals surface area (Å²) in [6, 6.07) is 19.8. The van der Waals surface area contributed by atoms with Crippen LogP contribution in [-0.2, 0) is 11.4 Å². The van der Waals surface area contributed by atoms with Crippen LogP contribution in [0.25, 0.3) is 0 Å². The highest BCUT2D eigenvalue weighted by Crippen LogP contribution is 2.21. The van der Waals surface area contributed by atoms with E-state index in [1.165, 1.54) is 35.2 Å². The third-order valence-corrected chi connectivity index (χ3v) is 5.20. The van der Waals surface area contributed by atoms with Crippen LogP contribution in [0.4, 0.5) is 8.78 Å². The van der Waals surface area contributed by atoms with Gasteiger partial charge < -0.3 is 9.74 Å². The zero-order valence-electron chi connectivity index (χ0n) is 17.1. The van der Waals surface area contributed by atoms with Gasteiger partial charge in [0.15, 0.2) is 6.10 Å². The van der Waals surface area contributed by atoms with Gasteiger partial charge in [-0.1, -0.05) is 59.3 Å². The van der Waals surface area contributed by atoms with Crippen LogP contribution in [0.5, 0.6) is 0 Å². The van der Waals surface area contributed by atoms with E-state index in [0.29, 0.717) is 12.0 Å². The maximum atomic E-state index is 14.3. The van der Waals surface area contributed by atoms with Crippen LogP contribution in [0, 0.1) is 18.6 Å². The molecule has 4 nitrogen and oxygen atoms in total. The second-order valence-corrected chi connectivity index (χ2v) is 7.63. The fourth-order valence-electron chi connectivity index (χ4n) is 3.57. The fourth-order valence-corrected chi connectivity index (χ4v) is 3.57. The first kappa shape index (κ1) is 20.7. The quantitative estimate of drug-likeness (QED) is 0.556. The van der Waals surface area contributed by atoms with Crippen LogP contribution in [-0.4, -0.2) is 29.2 Å². The van der Waals surface area contributed by atoms with Crippen molar-refractivity contribution in [3.63, 3.8) is 0 Å². The van der Waals surface area contributed by atoms with Gasteiger partial charge in [-0.05, 0) is 42.3 Å². The van der Waals surface area contributed by atoms with Crippen LogP contribution in [0.2, 0.25) is 0 Å². The number of aryl methyl sites for hydroxylation is 1. The summed E-state index contributed by atoms with van der Waals surface area (Å²) in [7, 11) is 0. The summed E-state index contributed by atoms with van der Waals surface area (Å²) in [4.78, 5) is 20.2. The topological polar surface area (TPSA) is 41.9 Å². The van der Waals surface area contributed by atoms with E-state index >= 15 is 0 Å². The molecule has 3 aromatic carbocycles. The normalized spacial score (nSPS) is 15.3. The van der Waals surface area contributed by atoms with Crippen molar-refractivity contribution in [1.29, 1.82) is 0 Å². The Morgan fingerprint density at radius 3 is 2.58 bits per heavy atom. The number of rotatable bonds is 6. The molecule has 6 heteroatoms. The van der Waals surface area contributed by atoms with Gasteiger partial charge >= 0.3 is 0 Å². The lowest BCUT2D eigenvalue weighted by Crippen LogP contribution is -2.37. The Balaban J connectivity index is 1.53. The van der Waals surface area contributed by atoms with Crippen molar-refractivity contribution in [2.75, 3.05) is 6.54 Å². The zero-order chi connectivity index (χ0) is 21.8. The largest absolute Gasteiger partial charge is 0.390 e. The molecule has 1 atom stereocenters. The van der Waals surface area contributed by atoms with Crippen LogP contribution < -0.4 is 0 Å². The number of nitrogens with zero attached hydrogens (tertiary/aromatic N) is 2. The summed E-state index contributed by atoms with van der Waals surface area (Å²) in [5.74, 6) is -1.46. The van der Waals surface area contributed by atoms with Crippen LogP contribution in [0.15, 0.2) is 78.0 Å². The average molecular weight is 420 g/mol. The molecule has 4 rings (SSSR count). The summed E-state index contributed by atoms with van der Waals surface area (Å²) in [5, 5.41) is 4.19. The molecule has 1 aliphatic heterocycles. The monoisotopic (exact) mass is 420 g/mol. The Morgan fingerprint density at radius 2 is 1.84 bits per heavy atom. The maximum absolute atomic E-state index is 14.3. The second kappa shape index (κ2) is 9.08. The van der Waals surface area contributed by atoms with Crippen LogP contribution in [0.3, 0.4) is 0 Å². The highest BCUT2D eigenvalue weighted by Gasteiger charge is 2.28. The minimum absolute atomic E-state index is 0.0309. The van der Waals surface area contributed by atoms with Gasteiger partial charge in [0.25, 0.3) is 5.91 Å². The molecule has 0 bridgehead atoms. The Bertz CT molecular complexity index is 1110. The maximum Gasteiger partial charge on any atom is 0.257 e. The molecule has 0 aliphatic carbocycles.